The number of hydrogen-bond acceptors (Lipinski definition) is 2. The maximum atomic E-state index is 10.3. The van der Waals surface area contributed by atoms with Crippen molar-refractivity contribution in [1.29, 1.82) is 0 Å². The molecule has 3 atom stereocenters. The van der Waals surface area contributed by atoms with Crippen LogP contribution in [0.1, 0.15) is 38.7 Å². The van der Waals surface area contributed by atoms with Crippen molar-refractivity contribution in [3.8, 4) is 5.75 Å². The van der Waals surface area contributed by atoms with Crippen LogP contribution in [0, 0.1) is 17.8 Å². The molecule has 1 N–H and O–H groups in total. The molecule has 0 spiro atoms. The number of rotatable bonds is 4. The van der Waals surface area contributed by atoms with Gasteiger partial charge in [0.25, 0.3) is 0 Å². The van der Waals surface area contributed by atoms with E-state index in [4.69, 9.17) is 4.74 Å². The predicted molar refractivity (Wildman–Crippen MR) is 86.1 cm³/mol. The highest BCUT2D eigenvalue weighted by molar-refractivity contribution is 9.10. The highest BCUT2D eigenvalue weighted by Crippen LogP contribution is 2.37. The smallest absolute Gasteiger partial charge is 0.122 e. The fourth-order valence-electron chi connectivity index (χ4n) is 3.30. The van der Waals surface area contributed by atoms with Crippen LogP contribution in [0.2, 0.25) is 0 Å². The van der Waals surface area contributed by atoms with Gasteiger partial charge in [0.2, 0.25) is 0 Å². The second kappa shape index (κ2) is 6.95. The Kier molecular flexibility index (Phi) is 5.50. The zero-order chi connectivity index (χ0) is 14.7. The Morgan fingerprint density at radius 3 is 2.75 bits per heavy atom. The number of benzene rings is 1. The largest absolute Gasteiger partial charge is 0.496 e. The summed E-state index contributed by atoms with van der Waals surface area (Å²) in [6, 6.07) is 6.11. The van der Waals surface area contributed by atoms with Crippen LogP contribution in [-0.4, -0.2) is 18.3 Å². The molecule has 2 rings (SSSR count). The van der Waals surface area contributed by atoms with Gasteiger partial charge in [-0.05, 0) is 67.2 Å². The topological polar surface area (TPSA) is 29.5 Å². The van der Waals surface area contributed by atoms with Crippen LogP contribution in [0.5, 0.6) is 5.75 Å². The molecule has 1 aliphatic rings. The minimum Gasteiger partial charge on any atom is -0.496 e. The van der Waals surface area contributed by atoms with Gasteiger partial charge < -0.3 is 9.84 Å². The van der Waals surface area contributed by atoms with Crippen molar-refractivity contribution in [1.82, 2.24) is 0 Å². The fraction of sp³-hybridized carbons (Fsp3) is 0.647. The highest BCUT2D eigenvalue weighted by atomic mass is 79.9. The van der Waals surface area contributed by atoms with Gasteiger partial charge >= 0.3 is 0 Å². The molecule has 0 aliphatic heterocycles. The second-order valence-electron chi connectivity index (χ2n) is 6.30. The quantitative estimate of drug-likeness (QED) is 0.878. The summed E-state index contributed by atoms with van der Waals surface area (Å²) >= 11 is 3.52. The fourth-order valence-corrected chi connectivity index (χ4v) is 3.71. The van der Waals surface area contributed by atoms with Crippen molar-refractivity contribution in [2.75, 3.05) is 7.11 Å². The minimum absolute atomic E-state index is 0.173. The third-order valence-electron chi connectivity index (χ3n) is 4.65. The van der Waals surface area contributed by atoms with Gasteiger partial charge in [-0.25, -0.2) is 0 Å². The monoisotopic (exact) mass is 340 g/mol. The number of methoxy groups -OCH3 is 1. The van der Waals surface area contributed by atoms with E-state index in [1.807, 2.05) is 12.1 Å². The molecular weight excluding hydrogens is 316 g/mol. The molecule has 1 aromatic rings. The van der Waals surface area contributed by atoms with Crippen LogP contribution in [-0.2, 0) is 6.42 Å². The van der Waals surface area contributed by atoms with E-state index in [-0.39, 0.29) is 6.10 Å². The zero-order valence-corrected chi connectivity index (χ0v) is 14.2. The first-order chi connectivity index (χ1) is 9.51. The predicted octanol–water partition coefficient (Wildman–Crippen LogP) is 4.43. The summed E-state index contributed by atoms with van der Waals surface area (Å²) in [7, 11) is 1.71. The van der Waals surface area contributed by atoms with Crippen molar-refractivity contribution in [3.63, 3.8) is 0 Å². The van der Waals surface area contributed by atoms with Gasteiger partial charge in [0.05, 0.1) is 13.2 Å². The maximum Gasteiger partial charge on any atom is 0.122 e. The van der Waals surface area contributed by atoms with Crippen LogP contribution in [0.15, 0.2) is 22.7 Å². The van der Waals surface area contributed by atoms with Crippen molar-refractivity contribution in [3.05, 3.63) is 28.2 Å². The lowest BCUT2D eigenvalue weighted by atomic mass is 9.73. The summed E-state index contributed by atoms with van der Waals surface area (Å²) in [4.78, 5) is 0. The Labute approximate surface area is 130 Å². The lowest BCUT2D eigenvalue weighted by molar-refractivity contribution is 0.0376. The van der Waals surface area contributed by atoms with Gasteiger partial charge in [0, 0.05) is 4.47 Å². The third-order valence-corrected chi connectivity index (χ3v) is 5.14. The van der Waals surface area contributed by atoms with Gasteiger partial charge in [-0.15, -0.1) is 0 Å². The molecule has 0 radical (unpaired) electrons. The Balaban J connectivity index is 2.13. The molecule has 0 amide bonds. The standard InChI is InChI=1S/C17H25BrO2/c1-11(2)12-4-6-16(19)13(8-12)9-14-10-15(18)5-7-17(14)20-3/h5,7,10-13,16,19H,4,6,8-9H2,1-3H3. The molecule has 1 fully saturated rings. The Morgan fingerprint density at radius 1 is 1.35 bits per heavy atom. The van der Waals surface area contributed by atoms with Crippen molar-refractivity contribution in [2.45, 2.75) is 45.6 Å². The summed E-state index contributed by atoms with van der Waals surface area (Å²) in [5, 5.41) is 10.3. The van der Waals surface area contributed by atoms with E-state index in [1.54, 1.807) is 7.11 Å². The Morgan fingerprint density at radius 2 is 2.10 bits per heavy atom. The van der Waals surface area contributed by atoms with E-state index in [2.05, 4.69) is 35.8 Å². The number of aliphatic hydroxyl groups excluding tert-OH is 1. The molecule has 0 heterocycles. The molecule has 1 saturated carbocycles. The van der Waals surface area contributed by atoms with Crippen LogP contribution in [0.4, 0.5) is 0 Å². The highest BCUT2D eigenvalue weighted by Gasteiger charge is 2.31. The Hall–Kier alpha value is -0.540. The number of ether oxygens (including phenoxy) is 1. The van der Waals surface area contributed by atoms with Gasteiger partial charge in [-0.1, -0.05) is 29.8 Å². The van der Waals surface area contributed by atoms with E-state index in [1.165, 1.54) is 5.56 Å². The van der Waals surface area contributed by atoms with Crippen LogP contribution < -0.4 is 4.74 Å². The summed E-state index contributed by atoms with van der Waals surface area (Å²) in [5.74, 6) is 2.71. The number of halogens is 1. The van der Waals surface area contributed by atoms with E-state index < -0.39 is 0 Å². The summed E-state index contributed by atoms with van der Waals surface area (Å²) in [5.41, 5.74) is 1.19. The molecule has 0 saturated heterocycles. The number of aliphatic hydroxyl groups is 1. The van der Waals surface area contributed by atoms with Crippen LogP contribution in [0.25, 0.3) is 0 Å². The third kappa shape index (κ3) is 3.76. The lowest BCUT2D eigenvalue weighted by Gasteiger charge is -2.35. The van der Waals surface area contributed by atoms with E-state index >= 15 is 0 Å². The number of hydrogen-bond donors (Lipinski definition) is 1. The van der Waals surface area contributed by atoms with Gasteiger partial charge in [0.15, 0.2) is 0 Å². The first-order valence-corrected chi connectivity index (χ1v) is 8.31. The van der Waals surface area contributed by atoms with Crippen LogP contribution >= 0.6 is 15.9 Å². The SMILES string of the molecule is COc1ccc(Br)cc1CC1CC(C(C)C)CCC1O. The van der Waals surface area contributed by atoms with Gasteiger partial charge in [-0.3, -0.25) is 0 Å². The zero-order valence-electron chi connectivity index (χ0n) is 12.6. The van der Waals surface area contributed by atoms with E-state index in [0.29, 0.717) is 11.8 Å². The summed E-state index contributed by atoms with van der Waals surface area (Å²) in [6.07, 6.45) is 3.93. The molecule has 3 heteroatoms. The minimum atomic E-state index is -0.173. The lowest BCUT2D eigenvalue weighted by Crippen LogP contribution is -2.32. The Bertz CT molecular complexity index is 445. The molecule has 2 nitrogen and oxygen atoms in total. The average Bonchev–Trinajstić information content (AvgIpc) is 2.41. The van der Waals surface area contributed by atoms with Gasteiger partial charge in [-0.2, -0.15) is 0 Å². The van der Waals surface area contributed by atoms with E-state index in [9.17, 15) is 5.11 Å². The molecule has 112 valence electrons. The van der Waals surface area contributed by atoms with Crippen molar-refractivity contribution >= 4 is 15.9 Å². The average molecular weight is 341 g/mol. The first-order valence-electron chi connectivity index (χ1n) is 7.51. The van der Waals surface area contributed by atoms with E-state index in [0.717, 1.165) is 41.8 Å². The molecule has 20 heavy (non-hydrogen) atoms. The molecular formula is C17H25BrO2. The molecule has 3 unspecified atom stereocenters. The summed E-state index contributed by atoms with van der Waals surface area (Å²) in [6.45, 7) is 4.58. The van der Waals surface area contributed by atoms with Gasteiger partial charge in [0.1, 0.15) is 5.75 Å². The molecule has 1 aliphatic carbocycles. The van der Waals surface area contributed by atoms with Crippen molar-refractivity contribution < 1.29 is 9.84 Å². The molecule has 1 aromatic carbocycles. The van der Waals surface area contributed by atoms with Crippen LogP contribution in [0.3, 0.4) is 0 Å². The first kappa shape index (κ1) is 15.8. The second-order valence-corrected chi connectivity index (χ2v) is 7.22. The molecule has 0 bridgehead atoms. The maximum absolute atomic E-state index is 10.3. The normalized spacial score (nSPS) is 26.8. The van der Waals surface area contributed by atoms with Crippen molar-refractivity contribution in [2.24, 2.45) is 17.8 Å². The molecule has 0 aromatic heterocycles. The summed E-state index contributed by atoms with van der Waals surface area (Å²) < 4.78 is 6.52.